The van der Waals surface area contributed by atoms with E-state index in [2.05, 4.69) is 5.09 Å². The minimum absolute atomic E-state index is 0.0493. The number of hydrogen-bond acceptors (Lipinski definition) is 10. The van der Waals surface area contributed by atoms with Crippen LogP contribution in [-0.2, 0) is 23.4 Å². The monoisotopic (exact) mass is 545 g/mol. The number of hydrogen-bond donors (Lipinski definition) is 4. The van der Waals surface area contributed by atoms with Crippen LogP contribution in [0.4, 0.5) is 4.39 Å². The molecule has 0 amide bonds. The third-order valence-corrected chi connectivity index (χ3v) is 6.95. The zero-order chi connectivity index (χ0) is 27.6. The number of nitrogens with zero attached hydrogens (tertiary/aromatic N) is 1. The Labute approximate surface area is 210 Å². The number of aromatic amines is 1. The van der Waals surface area contributed by atoms with E-state index in [-0.39, 0.29) is 5.75 Å². The van der Waals surface area contributed by atoms with Gasteiger partial charge < -0.3 is 24.2 Å². The molecule has 2 aromatic rings. The van der Waals surface area contributed by atoms with Crippen LogP contribution in [0.25, 0.3) is 0 Å². The molecule has 1 aromatic heterocycles. The average molecular weight is 545 g/mol. The zero-order valence-corrected chi connectivity index (χ0v) is 21.4. The second-order valence-corrected chi connectivity index (χ2v) is 10.6. The topological polar surface area (TPSA) is 178 Å². The molecule has 13 nitrogen and oxygen atoms in total. The van der Waals surface area contributed by atoms with Crippen LogP contribution in [-0.4, -0.2) is 62.0 Å². The molecular weight excluding hydrogens is 516 g/mol. The summed E-state index contributed by atoms with van der Waals surface area (Å²) in [7, 11) is -4.55. The number of H-pyrrole nitrogens is 1. The van der Waals surface area contributed by atoms with Gasteiger partial charge in [0.15, 0.2) is 6.23 Å². The van der Waals surface area contributed by atoms with Gasteiger partial charge in [-0.2, -0.15) is 5.09 Å². The lowest BCUT2D eigenvalue weighted by Crippen LogP contribution is -2.50. The van der Waals surface area contributed by atoms with Crippen LogP contribution in [0.3, 0.4) is 0 Å². The highest BCUT2D eigenvalue weighted by Gasteiger charge is 2.63. The summed E-state index contributed by atoms with van der Waals surface area (Å²) in [5, 5.41) is 23.7. The smallest absolute Gasteiger partial charge is 0.459 e. The van der Waals surface area contributed by atoms with Gasteiger partial charge in [-0.25, -0.2) is 13.8 Å². The second kappa shape index (κ2) is 10.9. The van der Waals surface area contributed by atoms with Gasteiger partial charge in [0.2, 0.25) is 0 Å². The van der Waals surface area contributed by atoms with Crippen molar-refractivity contribution in [1.82, 2.24) is 14.6 Å². The number of benzene rings is 1. The van der Waals surface area contributed by atoms with Crippen molar-refractivity contribution in [2.45, 2.75) is 63.6 Å². The molecule has 15 heteroatoms. The number of aliphatic hydroxyl groups excluding tert-OH is 1. The lowest BCUT2D eigenvalue weighted by molar-refractivity contribution is -0.204. The highest BCUT2D eigenvalue weighted by molar-refractivity contribution is 7.52. The first-order valence-corrected chi connectivity index (χ1v) is 12.8. The maximum Gasteiger partial charge on any atom is 0.459 e. The van der Waals surface area contributed by atoms with Crippen molar-refractivity contribution in [3.05, 3.63) is 63.4 Å². The average Bonchev–Trinajstić information content (AvgIpc) is 2.98. The second-order valence-electron chi connectivity index (χ2n) is 8.91. The fourth-order valence-corrected chi connectivity index (χ4v) is 5.02. The van der Waals surface area contributed by atoms with Crippen LogP contribution in [0.1, 0.15) is 33.9 Å². The Hall–Kier alpha value is -2.87. The number of ether oxygens (including phenoxy) is 2. The maximum absolute atomic E-state index is 15.8. The summed E-state index contributed by atoms with van der Waals surface area (Å²) in [6.45, 7) is 4.29. The highest BCUT2D eigenvalue weighted by Crippen LogP contribution is 2.50. The summed E-state index contributed by atoms with van der Waals surface area (Å²) < 4.78 is 51.0. The Morgan fingerprint density at radius 1 is 1.27 bits per heavy atom. The number of rotatable bonds is 10. The van der Waals surface area contributed by atoms with Gasteiger partial charge in [-0.15, -0.1) is 0 Å². The number of aliphatic hydroxyl groups is 2. The molecule has 204 valence electrons. The van der Waals surface area contributed by atoms with Crippen molar-refractivity contribution < 1.29 is 42.5 Å². The third-order valence-electron chi connectivity index (χ3n) is 5.33. The first kappa shape index (κ1) is 28.7. The minimum atomic E-state index is -4.55. The van der Waals surface area contributed by atoms with Gasteiger partial charge in [0, 0.05) is 12.3 Å². The van der Waals surface area contributed by atoms with Crippen molar-refractivity contribution >= 4 is 13.7 Å². The van der Waals surface area contributed by atoms with E-state index in [0.717, 1.165) is 19.2 Å². The maximum atomic E-state index is 15.8. The summed E-state index contributed by atoms with van der Waals surface area (Å²) >= 11 is 0. The Bertz CT molecular complexity index is 1270. The molecule has 0 aliphatic carbocycles. The molecule has 0 radical (unpaired) electrons. The number of carbonyl (C=O) groups is 1. The summed E-state index contributed by atoms with van der Waals surface area (Å²) in [6, 6.07) is 7.38. The zero-order valence-electron chi connectivity index (χ0n) is 20.5. The van der Waals surface area contributed by atoms with Gasteiger partial charge in [0.25, 0.3) is 11.4 Å². The van der Waals surface area contributed by atoms with Crippen LogP contribution in [0, 0.1) is 0 Å². The van der Waals surface area contributed by atoms with E-state index < -0.39 is 67.5 Å². The molecule has 1 aliphatic heterocycles. The van der Waals surface area contributed by atoms with Crippen LogP contribution in [0.5, 0.6) is 5.75 Å². The first-order valence-electron chi connectivity index (χ1n) is 11.2. The fourth-order valence-electron chi connectivity index (χ4n) is 3.51. The molecule has 1 aromatic carbocycles. The number of esters is 1. The SMILES string of the molecule is CC(C)OC(=O)[C@H](C)N[P@@](=O)(OC[C@@]1(F)O[C@@H](n2ccc(=O)[nH]c2=O)[C@](C)(O)[C@@H]1O)Oc1ccccc1. The normalized spacial score (nSPS) is 28.0. The van der Waals surface area contributed by atoms with Gasteiger partial charge in [0.1, 0.15) is 30.1 Å². The van der Waals surface area contributed by atoms with Gasteiger partial charge in [-0.1, -0.05) is 18.2 Å². The largest absolute Gasteiger partial charge is 0.462 e. The quantitative estimate of drug-likeness (QED) is 0.247. The summed E-state index contributed by atoms with van der Waals surface area (Å²) in [6.07, 6.45) is -3.63. The van der Waals surface area contributed by atoms with Crippen LogP contribution >= 0.6 is 7.75 Å². The van der Waals surface area contributed by atoms with Gasteiger partial charge in [0.05, 0.1) is 6.10 Å². The van der Waals surface area contributed by atoms with Gasteiger partial charge in [-0.05, 0) is 39.8 Å². The molecule has 0 bridgehead atoms. The number of alkyl halides is 1. The Morgan fingerprint density at radius 2 is 1.92 bits per heavy atom. The summed E-state index contributed by atoms with van der Waals surface area (Å²) in [5.41, 5.74) is -4.18. The van der Waals surface area contributed by atoms with Crippen molar-refractivity contribution in [2.24, 2.45) is 0 Å². The molecule has 4 N–H and O–H groups in total. The van der Waals surface area contributed by atoms with E-state index in [0.29, 0.717) is 4.57 Å². The number of para-hydroxylation sites is 1. The standard InChI is InChI=1S/C22H29FN3O10P/c1-13(2)34-17(28)14(3)25-37(32,36-15-8-6-5-7-9-15)33-12-22(23)18(29)21(4,31)19(35-22)26-11-10-16(27)24-20(26)30/h5-11,13-14,18-19,29,31H,12H2,1-4H3,(H,25,32)(H,24,27,30)/t14-,18-,19+,21+,22+,37+/m0/s1. The van der Waals surface area contributed by atoms with Crippen LogP contribution in [0.15, 0.2) is 52.2 Å². The molecule has 1 saturated heterocycles. The Morgan fingerprint density at radius 3 is 2.51 bits per heavy atom. The van der Waals surface area contributed by atoms with Crippen molar-refractivity contribution in [2.75, 3.05) is 6.61 Å². The lowest BCUT2D eigenvalue weighted by atomic mass is 9.95. The molecule has 2 heterocycles. The molecule has 0 saturated carbocycles. The lowest BCUT2D eigenvalue weighted by Gasteiger charge is -2.29. The van der Waals surface area contributed by atoms with E-state index in [1.165, 1.54) is 19.1 Å². The van der Waals surface area contributed by atoms with E-state index >= 15 is 4.39 Å². The predicted molar refractivity (Wildman–Crippen MR) is 126 cm³/mol. The summed E-state index contributed by atoms with van der Waals surface area (Å²) in [5.74, 6) is -3.95. The number of halogens is 1. The number of carbonyl (C=O) groups excluding carboxylic acids is 1. The summed E-state index contributed by atoms with van der Waals surface area (Å²) in [4.78, 5) is 37.7. The Kier molecular flexibility index (Phi) is 8.42. The number of aromatic nitrogens is 2. The Balaban J connectivity index is 1.86. The van der Waals surface area contributed by atoms with Gasteiger partial charge in [-0.3, -0.25) is 23.7 Å². The predicted octanol–water partition coefficient (Wildman–Crippen LogP) is 0.977. The molecule has 0 spiro atoms. The van der Waals surface area contributed by atoms with Gasteiger partial charge >= 0.3 is 19.4 Å². The molecule has 1 fully saturated rings. The van der Waals surface area contributed by atoms with Crippen molar-refractivity contribution in [1.29, 1.82) is 0 Å². The first-order chi connectivity index (χ1) is 17.2. The van der Waals surface area contributed by atoms with Crippen LogP contribution in [0.2, 0.25) is 0 Å². The molecule has 0 unspecified atom stereocenters. The molecular formula is C22H29FN3O10P. The van der Waals surface area contributed by atoms with Crippen molar-refractivity contribution in [3.63, 3.8) is 0 Å². The van der Waals surface area contributed by atoms with Crippen LogP contribution < -0.4 is 20.9 Å². The minimum Gasteiger partial charge on any atom is -0.462 e. The third kappa shape index (κ3) is 6.53. The number of nitrogens with one attached hydrogen (secondary N) is 2. The molecule has 1 aliphatic rings. The van der Waals surface area contributed by atoms with E-state index in [9.17, 15) is 29.2 Å². The molecule has 3 rings (SSSR count). The van der Waals surface area contributed by atoms with E-state index in [1.54, 1.807) is 32.0 Å². The molecule has 37 heavy (non-hydrogen) atoms. The highest BCUT2D eigenvalue weighted by atomic mass is 31.2. The molecule has 6 atom stereocenters. The van der Waals surface area contributed by atoms with E-state index in [4.69, 9.17) is 18.5 Å². The van der Waals surface area contributed by atoms with E-state index in [1.807, 2.05) is 4.98 Å². The van der Waals surface area contributed by atoms with Crippen molar-refractivity contribution in [3.8, 4) is 5.75 Å². The fraction of sp³-hybridized carbons (Fsp3) is 0.500.